The molecule has 4 aliphatic carbocycles. The Kier molecular flexibility index (Phi) is 11.1. The van der Waals surface area contributed by atoms with Crippen molar-refractivity contribution >= 4 is 0 Å². The minimum Gasteiger partial charge on any atom is -0.391 e. The maximum Gasteiger partial charge on any atom is 0.127 e. The van der Waals surface area contributed by atoms with E-state index in [1.807, 2.05) is 0 Å². The van der Waals surface area contributed by atoms with E-state index in [9.17, 15) is 15.3 Å². The molecular formula is C35H61N3O3. The summed E-state index contributed by atoms with van der Waals surface area (Å²) < 4.78 is 0. The maximum atomic E-state index is 11.9. The second kappa shape index (κ2) is 14.3. The highest BCUT2D eigenvalue weighted by molar-refractivity contribution is 5.25. The fourth-order valence-electron chi connectivity index (χ4n) is 9.17. The number of rotatable bonds is 10. The number of fused-ring (bicyclic) bond motifs is 2. The molecule has 5 aliphatic rings. The smallest absolute Gasteiger partial charge is 0.127 e. The molecule has 5 rings (SSSR count). The first kappa shape index (κ1) is 31.7. The van der Waals surface area contributed by atoms with Gasteiger partial charge in [-0.2, -0.15) is 0 Å². The van der Waals surface area contributed by atoms with Gasteiger partial charge in [0.25, 0.3) is 0 Å². The van der Waals surface area contributed by atoms with Gasteiger partial charge in [0.2, 0.25) is 0 Å². The first-order chi connectivity index (χ1) is 19.7. The van der Waals surface area contributed by atoms with E-state index >= 15 is 0 Å². The van der Waals surface area contributed by atoms with E-state index in [-0.39, 0.29) is 23.4 Å². The van der Waals surface area contributed by atoms with Crippen molar-refractivity contribution in [3.63, 3.8) is 0 Å². The highest BCUT2D eigenvalue weighted by Gasteiger charge is 2.37. The minimum atomic E-state index is -0.688. The van der Waals surface area contributed by atoms with Crippen molar-refractivity contribution in [1.29, 1.82) is 0 Å². The molecule has 2 saturated carbocycles. The molecule has 6 heteroatoms. The predicted molar refractivity (Wildman–Crippen MR) is 167 cm³/mol. The number of piperidine rings is 1. The molecule has 0 aromatic carbocycles. The van der Waals surface area contributed by atoms with E-state index in [2.05, 4.69) is 42.8 Å². The van der Waals surface area contributed by atoms with Crippen LogP contribution in [0.15, 0.2) is 22.8 Å². The van der Waals surface area contributed by atoms with Gasteiger partial charge in [0.05, 0.1) is 6.10 Å². The van der Waals surface area contributed by atoms with E-state index in [0.717, 1.165) is 82.7 Å². The number of hydrogen-bond acceptors (Lipinski definition) is 6. The van der Waals surface area contributed by atoms with Crippen molar-refractivity contribution in [3.8, 4) is 0 Å². The van der Waals surface area contributed by atoms with E-state index in [1.54, 1.807) is 0 Å². The van der Waals surface area contributed by atoms with Gasteiger partial charge >= 0.3 is 0 Å². The zero-order valence-electron chi connectivity index (χ0n) is 26.3. The van der Waals surface area contributed by atoms with Gasteiger partial charge in [-0.15, -0.1) is 0 Å². The van der Waals surface area contributed by atoms with Crippen molar-refractivity contribution in [2.24, 2.45) is 29.6 Å². The summed E-state index contributed by atoms with van der Waals surface area (Å²) in [6.45, 7) is 8.34. The number of nitrogens with one attached hydrogen (secondary N) is 3. The third-order valence-corrected chi connectivity index (χ3v) is 11.3. The van der Waals surface area contributed by atoms with Crippen molar-refractivity contribution in [2.75, 3.05) is 13.1 Å². The summed E-state index contributed by atoms with van der Waals surface area (Å²) in [6.07, 6.45) is 18.7. The lowest BCUT2D eigenvalue weighted by Crippen LogP contribution is -2.51. The van der Waals surface area contributed by atoms with Gasteiger partial charge < -0.3 is 20.6 Å². The Labute approximate surface area is 250 Å². The van der Waals surface area contributed by atoms with Crippen LogP contribution >= 0.6 is 0 Å². The molecule has 0 amide bonds. The molecule has 3 fully saturated rings. The zero-order valence-corrected chi connectivity index (χ0v) is 26.3. The minimum absolute atomic E-state index is 0.152. The molecule has 1 aliphatic heterocycles. The van der Waals surface area contributed by atoms with Crippen LogP contribution in [0.5, 0.6) is 0 Å². The number of hydrogen-bond donors (Lipinski definition) is 6. The Morgan fingerprint density at radius 1 is 0.927 bits per heavy atom. The highest BCUT2D eigenvalue weighted by atomic mass is 16.3. The van der Waals surface area contributed by atoms with Crippen LogP contribution in [-0.4, -0.2) is 58.5 Å². The van der Waals surface area contributed by atoms with Gasteiger partial charge in [0.1, 0.15) is 12.5 Å². The Morgan fingerprint density at radius 3 is 2.49 bits per heavy atom. The number of aliphatic hydroxyl groups excluding tert-OH is 3. The Morgan fingerprint density at radius 2 is 1.68 bits per heavy atom. The zero-order chi connectivity index (χ0) is 29.0. The molecule has 0 spiro atoms. The lowest BCUT2D eigenvalue weighted by molar-refractivity contribution is -0.0166. The maximum absolute atomic E-state index is 11.9. The average Bonchev–Trinajstić information content (AvgIpc) is 2.95. The predicted octanol–water partition coefficient (Wildman–Crippen LogP) is 5.53. The lowest BCUT2D eigenvalue weighted by atomic mass is 9.70. The van der Waals surface area contributed by atoms with Crippen LogP contribution in [0.25, 0.3) is 0 Å². The van der Waals surface area contributed by atoms with Crippen LogP contribution in [0.2, 0.25) is 0 Å². The molecule has 0 radical (unpaired) electrons. The molecule has 234 valence electrons. The molecule has 9 atom stereocenters. The SMILES string of the molecule is CC(C)(C)NC(O)C1CCCCC1C[C@@H](O)[C@H](CC1=CCC2CCCCC2C1)NC(O)C1=C2CCNCC2CCC1. The molecule has 1 heterocycles. The van der Waals surface area contributed by atoms with Crippen molar-refractivity contribution in [3.05, 3.63) is 22.8 Å². The summed E-state index contributed by atoms with van der Waals surface area (Å²) in [4.78, 5) is 0. The van der Waals surface area contributed by atoms with Gasteiger partial charge in [-0.25, -0.2) is 0 Å². The quantitative estimate of drug-likeness (QED) is 0.152. The van der Waals surface area contributed by atoms with Gasteiger partial charge in [-0.3, -0.25) is 10.6 Å². The molecule has 41 heavy (non-hydrogen) atoms. The molecule has 0 aromatic heterocycles. The van der Waals surface area contributed by atoms with Crippen LogP contribution in [0.1, 0.15) is 124 Å². The van der Waals surface area contributed by atoms with Crippen molar-refractivity contribution in [1.82, 2.24) is 16.0 Å². The van der Waals surface area contributed by atoms with Gasteiger partial charge in [-0.1, -0.05) is 42.9 Å². The summed E-state index contributed by atoms with van der Waals surface area (Å²) in [5.41, 5.74) is 3.99. The number of allylic oxidation sites excluding steroid dienone is 1. The molecular weight excluding hydrogens is 510 g/mol. The summed E-state index contributed by atoms with van der Waals surface area (Å²) >= 11 is 0. The molecule has 0 bridgehead atoms. The highest BCUT2D eigenvalue weighted by Crippen LogP contribution is 2.42. The molecule has 1 saturated heterocycles. The fourth-order valence-corrected chi connectivity index (χ4v) is 9.17. The summed E-state index contributed by atoms with van der Waals surface area (Å²) in [6, 6.07) is -0.179. The van der Waals surface area contributed by atoms with Crippen LogP contribution in [0, 0.1) is 29.6 Å². The van der Waals surface area contributed by atoms with Crippen molar-refractivity contribution in [2.45, 2.75) is 154 Å². The van der Waals surface area contributed by atoms with Crippen LogP contribution in [-0.2, 0) is 0 Å². The summed E-state index contributed by atoms with van der Waals surface area (Å²) in [5.74, 6) is 2.63. The van der Waals surface area contributed by atoms with E-state index in [1.165, 1.54) is 55.2 Å². The largest absolute Gasteiger partial charge is 0.391 e. The average molecular weight is 572 g/mol. The third kappa shape index (κ3) is 8.45. The van der Waals surface area contributed by atoms with E-state index in [4.69, 9.17) is 0 Å². The molecule has 7 unspecified atom stereocenters. The van der Waals surface area contributed by atoms with Crippen molar-refractivity contribution < 1.29 is 15.3 Å². The Balaban J connectivity index is 1.31. The van der Waals surface area contributed by atoms with Crippen LogP contribution in [0.4, 0.5) is 0 Å². The first-order valence-corrected chi connectivity index (χ1v) is 17.4. The third-order valence-electron chi connectivity index (χ3n) is 11.3. The Hall–Kier alpha value is -0.760. The topological polar surface area (TPSA) is 96.8 Å². The van der Waals surface area contributed by atoms with E-state index < -0.39 is 18.6 Å². The standard InChI is InChI=1S/C35H61N3O3/c1-35(2,3)38-34(41)29-13-7-6-11-26(29)21-32(39)31(20-23-15-16-24-9-4-5-10-25(24)19-23)37-33(40)30-14-8-12-27-22-36-18-17-28(27)30/h15,24-27,29,31-34,36-41H,4-14,16-22H2,1-3H3/t24?,25?,26?,27?,29?,31-,32+,33?,34?/m0/s1. The Bertz CT molecular complexity index is 911. The van der Waals surface area contributed by atoms with Gasteiger partial charge in [0, 0.05) is 24.0 Å². The first-order valence-electron chi connectivity index (χ1n) is 17.4. The van der Waals surface area contributed by atoms with Crippen LogP contribution < -0.4 is 16.0 Å². The normalized spacial score (nSPS) is 34.2. The number of aliphatic hydroxyl groups is 3. The molecule has 6 nitrogen and oxygen atoms in total. The molecule has 6 N–H and O–H groups in total. The fraction of sp³-hybridized carbons (Fsp3) is 0.886. The second-order valence-corrected chi connectivity index (χ2v) is 15.4. The van der Waals surface area contributed by atoms with Gasteiger partial charge in [-0.05, 0) is 134 Å². The summed E-state index contributed by atoms with van der Waals surface area (Å²) in [5, 5.41) is 45.3. The van der Waals surface area contributed by atoms with Crippen LogP contribution in [0.3, 0.4) is 0 Å². The molecule has 0 aromatic rings. The monoisotopic (exact) mass is 571 g/mol. The summed E-state index contributed by atoms with van der Waals surface area (Å²) in [7, 11) is 0. The van der Waals surface area contributed by atoms with Gasteiger partial charge in [0.15, 0.2) is 0 Å². The lowest BCUT2D eigenvalue weighted by Gasteiger charge is -2.41. The second-order valence-electron chi connectivity index (χ2n) is 15.4. The van der Waals surface area contributed by atoms with E-state index in [0.29, 0.717) is 12.3 Å².